The van der Waals surface area contributed by atoms with Crippen molar-refractivity contribution in [2.75, 3.05) is 7.05 Å². The van der Waals surface area contributed by atoms with Gasteiger partial charge in [0.15, 0.2) is 11.6 Å². The average Bonchev–Trinajstić information content (AvgIpc) is 3.48. The van der Waals surface area contributed by atoms with Crippen LogP contribution < -0.4 is 4.74 Å². The maximum atomic E-state index is 12.5. The molecule has 0 aromatic carbocycles. The fourth-order valence-electron chi connectivity index (χ4n) is 4.75. The summed E-state index contributed by atoms with van der Waals surface area (Å²) in [6, 6.07) is 0.226. The van der Waals surface area contributed by atoms with Gasteiger partial charge in [0.2, 0.25) is 5.76 Å². The molecule has 2 aromatic rings. The Morgan fingerprint density at radius 2 is 1.91 bits per heavy atom. The van der Waals surface area contributed by atoms with E-state index in [1.165, 1.54) is 0 Å². The number of hydrogen-bond acceptors (Lipinski definition) is 8. The number of carboxylic acids is 1. The first-order chi connectivity index (χ1) is 16.3. The highest BCUT2D eigenvalue weighted by atomic mass is 16.6. The van der Waals surface area contributed by atoms with E-state index in [1.807, 2.05) is 0 Å². The molecule has 4 rings (SSSR count). The molecule has 2 aromatic heterocycles. The number of aliphatic carboxylic acids is 1. The number of aromatic nitrogens is 3. The van der Waals surface area contributed by atoms with Gasteiger partial charge in [-0.25, -0.2) is 14.8 Å². The van der Waals surface area contributed by atoms with Crippen LogP contribution in [0.4, 0.5) is 4.79 Å². The van der Waals surface area contributed by atoms with Crippen LogP contribution in [0.15, 0.2) is 10.7 Å². The van der Waals surface area contributed by atoms with Crippen molar-refractivity contribution in [1.82, 2.24) is 20.0 Å². The Morgan fingerprint density at radius 1 is 1.15 bits per heavy atom. The van der Waals surface area contributed by atoms with E-state index in [1.54, 1.807) is 32.0 Å². The monoisotopic (exact) mass is 472 g/mol. The number of ether oxygens (including phenoxy) is 2. The molecular weight excluding hydrogens is 440 g/mol. The van der Waals surface area contributed by atoms with Crippen molar-refractivity contribution in [3.8, 4) is 17.3 Å². The fraction of sp³-hybridized carbons (Fsp3) is 0.625. The number of rotatable bonds is 7. The van der Waals surface area contributed by atoms with Gasteiger partial charge >= 0.3 is 12.1 Å². The lowest BCUT2D eigenvalue weighted by atomic mass is 9.87. The second-order valence-corrected chi connectivity index (χ2v) is 9.26. The number of amides is 1. The Bertz CT molecular complexity index is 1030. The predicted molar refractivity (Wildman–Crippen MR) is 121 cm³/mol. The minimum atomic E-state index is -0.778. The van der Waals surface area contributed by atoms with E-state index in [4.69, 9.17) is 14.0 Å². The number of nitrogens with zero attached hydrogens (tertiary/aromatic N) is 4. The maximum Gasteiger partial charge on any atom is 0.410 e. The molecule has 1 N–H and O–H groups in total. The predicted octanol–water partition coefficient (Wildman–Crippen LogP) is 4.28. The molecule has 10 nitrogen and oxygen atoms in total. The molecule has 34 heavy (non-hydrogen) atoms. The van der Waals surface area contributed by atoms with Crippen LogP contribution in [0.3, 0.4) is 0 Å². The Hall–Kier alpha value is -3.17. The molecule has 0 bridgehead atoms. The van der Waals surface area contributed by atoms with Crippen LogP contribution in [-0.4, -0.2) is 56.4 Å². The summed E-state index contributed by atoms with van der Waals surface area (Å²) < 4.78 is 17.1. The summed E-state index contributed by atoms with van der Waals surface area (Å²) in [6.45, 7) is 3.60. The molecule has 1 unspecified atom stereocenters. The Morgan fingerprint density at radius 3 is 2.62 bits per heavy atom. The summed E-state index contributed by atoms with van der Waals surface area (Å²) in [7, 11) is 1.77. The van der Waals surface area contributed by atoms with E-state index in [-0.39, 0.29) is 30.8 Å². The van der Waals surface area contributed by atoms with Crippen LogP contribution in [0.25, 0.3) is 11.6 Å². The highest BCUT2D eigenvalue weighted by molar-refractivity contribution is 5.70. The van der Waals surface area contributed by atoms with E-state index in [0.717, 1.165) is 38.5 Å². The van der Waals surface area contributed by atoms with Crippen LogP contribution >= 0.6 is 0 Å². The van der Waals surface area contributed by atoms with Gasteiger partial charge in [-0.05, 0) is 52.4 Å². The third kappa shape index (κ3) is 5.31. The van der Waals surface area contributed by atoms with Gasteiger partial charge in [-0.1, -0.05) is 18.0 Å². The van der Waals surface area contributed by atoms with Gasteiger partial charge in [-0.15, -0.1) is 0 Å². The SMILES string of the molecule is Cc1nc(-c2onc(C)c2COC(=O)N(C)C2CCCC2)ncc1O[C@H]1CCCC(C(=O)O)C1. The molecule has 0 radical (unpaired) electrons. The highest BCUT2D eigenvalue weighted by Gasteiger charge is 2.29. The van der Waals surface area contributed by atoms with Crippen LogP contribution in [0.1, 0.15) is 68.3 Å². The highest BCUT2D eigenvalue weighted by Crippen LogP contribution is 2.31. The first kappa shape index (κ1) is 24.0. The second-order valence-electron chi connectivity index (χ2n) is 9.26. The van der Waals surface area contributed by atoms with Crippen LogP contribution in [0.5, 0.6) is 5.75 Å². The lowest BCUT2D eigenvalue weighted by molar-refractivity contribution is -0.143. The maximum absolute atomic E-state index is 12.5. The molecule has 2 heterocycles. The molecule has 2 saturated carbocycles. The molecule has 1 amide bonds. The Balaban J connectivity index is 1.43. The standard InChI is InChI=1S/C24H32N4O6/c1-14-19(13-32-24(31)28(3)17-8-4-5-9-17)21(34-27-14)22-25-12-20(15(2)26-22)33-18-10-6-7-16(11-18)23(29)30/h12,16-18H,4-11,13H2,1-3H3,(H,29,30)/t16?,18-/m0/s1. The summed E-state index contributed by atoms with van der Waals surface area (Å²) in [5.74, 6) is 0.0383. The van der Waals surface area contributed by atoms with Gasteiger partial charge in [-0.2, -0.15) is 0 Å². The summed E-state index contributed by atoms with van der Waals surface area (Å²) in [6.07, 6.45) is 8.07. The van der Waals surface area contributed by atoms with Crippen molar-refractivity contribution in [3.05, 3.63) is 23.1 Å². The number of aryl methyl sites for hydroxylation is 2. The van der Waals surface area contributed by atoms with Crippen molar-refractivity contribution in [1.29, 1.82) is 0 Å². The van der Waals surface area contributed by atoms with E-state index in [2.05, 4.69) is 15.1 Å². The molecule has 2 atom stereocenters. The minimum absolute atomic E-state index is 0.0138. The molecule has 2 aliphatic rings. The number of hydrogen-bond donors (Lipinski definition) is 1. The zero-order chi connectivity index (χ0) is 24.2. The van der Waals surface area contributed by atoms with Crippen molar-refractivity contribution >= 4 is 12.1 Å². The number of carbonyl (C=O) groups excluding carboxylic acids is 1. The first-order valence-electron chi connectivity index (χ1n) is 11.9. The largest absolute Gasteiger partial charge is 0.487 e. The van der Waals surface area contributed by atoms with Crippen LogP contribution in [0.2, 0.25) is 0 Å². The molecule has 0 saturated heterocycles. The van der Waals surface area contributed by atoms with Gasteiger partial charge in [0.05, 0.1) is 35.2 Å². The normalized spacial score (nSPS) is 20.8. The van der Waals surface area contributed by atoms with Crippen molar-refractivity contribution in [2.24, 2.45) is 5.92 Å². The Labute approximate surface area is 198 Å². The van der Waals surface area contributed by atoms with Crippen molar-refractivity contribution < 1.29 is 28.7 Å². The lowest BCUT2D eigenvalue weighted by Gasteiger charge is -2.27. The summed E-state index contributed by atoms with van der Waals surface area (Å²) >= 11 is 0. The van der Waals surface area contributed by atoms with Gasteiger partial charge in [-0.3, -0.25) is 4.79 Å². The fourth-order valence-corrected chi connectivity index (χ4v) is 4.75. The third-order valence-electron chi connectivity index (χ3n) is 6.89. The molecule has 184 valence electrons. The minimum Gasteiger partial charge on any atom is -0.487 e. The zero-order valence-corrected chi connectivity index (χ0v) is 20.0. The van der Waals surface area contributed by atoms with E-state index in [9.17, 15) is 14.7 Å². The molecule has 0 spiro atoms. The van der Waals surface area contributed by atoms with E-state index < -0.39 is 5.97 Å². The smallest absolute Gasteiger partial charge is 0.410 e. The molecule has 2 aliphatic carbocycles. The van der Waals surface area contributed by atoms with E-state index >= 15 is 0 Å². The number of carbonyl (C=O) groups is 2. The molecule has 10 heteroatoms. The molecule has 0 aliphatic heterocycles. The van der Waals surface area contributed by atoms with Gasteiger partial charge < -0.3 is 24.0 Å². The summed E-state index contributed by atoms with van der Waals surface area (Å²) in [4.78, 5) is 34.4. The summed E-state index contributed by atoms with van der Waals surface area (Å²) in [5.41, 5.74) is 1.84. The topological polar surface area (TPSA) is 128 Å². The van der Waals surface area contributed by atoms with Gasteiger partial charge in [0, 0.05) is 13.1 Å². The Kier molecular flexibility index (Phi) is 7.33. The van der Waals surface area contributed by atoms with Crippen LogP contribution in [-0.2, 0) is 16.1 Å². The lowest BCUT2D eigenvalue weighted by Crippen LogP contribution is -2.35. The molecular formula is C24H32N4O6. The quantitative estimate of drug-likeness (QED) is 0.628. The number of carboxylic acid groups (broad SMARTS) is 1. The third-order valence-corrected chi connectivity index (χ3v) is 6.89. The van der Waals surface area contributed by atoms with E-state index in [0.29, 0.717) is 47.1 Å². The average molecular weight is 473 g/mol. The van der Waals surface area contributed by atoms with Gasteiger partial charge in [0.25, 0.3) is 0 Å². The van der Waals surface area contributed by atoms with Crippen molar-refractivity contribution in [3.63, 3.8) is 0 Å². The molecule has 2 fully saturated rings. The summed E-state index contributed by atoms with van der Waals surface area (Å²) in [5, 5.41) is 13.3. The second kappa shape index (κ2) is 10.4. The van der Waals surface area contributed by atoms with Crippen LogP contribution in [0, 0.1) is 19.8 Å². The first-order valence-corrected chi connectivity index (χ1v) is 11.9. The zero-order valence-electron chi connectivity index (χ0n) is 20.0. The van der Waals surface area contributed by atoms with Gasteiger partial charge in [0.1, 0.15) is 6.61 Å². The van der Waals surface area contributed by atoms with Crippen molar-refractivity contribution in [2.45, 2.75) is 84.0 Å².